The summed E-state index contributed by atoms with van der Waals surface area (Å²) in [7, 11) is 0. The Morgan fingerprint density at radius 1 is 1.10 bits per heavy atom. The van der Waals surface area contributed by atoms with Gasteiger partial charge in [0.15, 0.2) is 0 Å². The number of halogens is 1. The summed E-state index contributed by atoms with van der Waals surface area (Å²) in [6.45, 7) is 0.275. The van der Waals surface area contributed by atoms with Crippen LogP contribution in [0, 0.1) is 0 Å². The first-order chi connectivity index (χ1) is 10.2. The molecule has 1 unspecified atom stereocenters. The zero-order chi connectivity index (χ0) is 14.7. The summed E-state index contributed by atoms with van der Waals surface area (Å²) in [5.41, 5.74) is 4.08. The SMILES string of the molecule is OC(COc1cccc(Cl)c1)Cc1ccc2c(c1)CCC2. The van der Waals surface area contributed by atoms with Gasteiger partial charge < -0.3 is 9.84 Å². The zero-order valence-electron chi connectivity index (χ0n) is 11.9. The predicted octanol–water partition coefficient (Wildman–Crippen LogP) is 3.81. The molecule has 2 aromatic rings. The highest BCUT2D eigenvalue weighted by Crippen LogP contribution is 2.23. The summed E-state index contributed by atoms with van der Waals surface area (Å²) in [6, 6.07) is 13.8. The number of hydrogen-bond acceptors (Lipinski definition) is 2. The van der Waals surface area contributed by atoms with Gasteiger partial charge in [0.25, 0.3) is 0 Å². The second kappa shape index (κ2) is 6.50. The van der Waals surface area contributed by atoms with E-state index < -0.39 is 6.10 Å². The minimum Gasteiger partial charge on any atom is -0.491 e. The average molecular weight is 303 g/mol. The van der Waals surface area contributed by atoms with E-state index in [2.05, 4.69) is 18.2 Å². The average Bonchev–Trinajstić information content (AvgIpc) is 2.93. The lowest BCUT2D eigenvalue weighted by molar-refractivity contribution is 0.108. The van der Waals surface area contributed by atoms with Crippen molar-refractivity contribution in [2.45, 2.75) is 31.8 Å². The molecule has 110 valence electrons. The molecule has 0 radical (unpaired) electrons. The first kappa shape index (κ1) is 14.4. The third kappa shape index (κ3) is 3.78. The van der Waals surface area contributed by atoms with Crippen molar-refractivity contribution in [2.24, 2.45) is 0 Å². The fraction of sp³-hybridized carbons (Fsp3) is 0.333. The lowest BCUT2D eigenvalue weighted by Crippen LogP contribution is -2.20. The molecule has 0 bridgehead atoms. The van der Waals surface area contributed by atoms with E-state index in [9.17, 15) is 5.11 Å². The van der Waals surface area contributed by atoms with Crippen LogP contribution in [0.1, 0.15) is 23.1 Å². The van der Waals surface area contributed by atoms with E-state index in [-0.39, 0.29) is 6.61 Å². The van der Waals surface area contributed by atoms with E-state index in [0.717, 1.165) is 6.42 Å². The van der Waals surface area contributed by atoms with Gasteiger partial charge in [-0.1, -0.05) is 35.9 Å². The van der Waals surface area contributed by atoms with Crippen LogP contribution in [-0.2, 0) is 19.3 Å². The molecular formula is C18H19ClO2. The smallest absolute Gasteiger partial charge is 0.120 e. The highest BCUT2D eigenvalue weighted by Gasteiger charge is 2.13. The molecule has 2 nitrogen and oxygen atoms in total. The van der Waals surface area contributed by atoms with Gasteiger partial charge in [-0.3, -0.25) is 0 Å². The Kier molecular flexibility index (Phi) is 4.47. The Balaban J connectivity index is 1.55. The monoisotopic (exact) mass is 302 g/mol. The van der Waals surface area contributed by atoms with Gasteiger partial charge in [-0.15, -0.1) is 0 Å². The van der Waals surface area contributed by atoms with Crippen LogP contribution in [0.25, 0.3) is 0 Å². The van der Waals surface area contributed by atoms with Crippen LogP contribution in [0.3, 0.4) is 0 Å². The molecule has 0 spiro atoms. The van der Waals surface area contributed by atoms with Crippen molar-refractivity contribution in [1.29, 1.82) is 0 Å². The van der Waals surface area contributed by atoms with Crippen LogP contribution in [0.4, 0.5) is 0 Å². The normalized spacial score (nSPS) is 14.8. The van der Waals surface area contributed by atoms with Gasteiger partial charge in [0.2, 0.25) is 0 Å². The summed E-state index contributed by atoms with van der Waals surface area (Å²) in [4.78, 5) is 0. The number of aliphatic hydroxyl groups excluding tert-OH is 1. The lowest BCUT2D eigenvalue weighted by atomic mass is 10.0. The third-order valence-electron chi connectivity index (χ3n) is 3.87. The summed E-state index contributed by atoms with van der Waals surface area (Å²) in [5, 5.41) is 10.8. The van der Waals surface area contributed by atoms with Crippen molar-refractivity contribution < 1.29 is 9.84 Å². The van der Waals surface area contributed by atoms with Gasteiger partial charge in [-0.05, 0) is 54.2 Å². The number of rotatable bonds is 5. The fourth-order valence-corrected chi connectivity index (χ4v) is 3.01. The summed E-state index contributed by atoms with van der Waals surface area (Å²) in [6.07, 6.45) is 3.71. The molecule has 0 fully saturated rings. The van der Waals surface area contributed by atoms with Gasteiger partial charge in [0.1, 0.15) is 12.4 Å². The maximum atomic E-state index is 10.1. The van der Waals surface area contributed by atoms with E-state index in [1.54, 1.807) is 12.1 Å². The van der Waals surface area contributed by atoms with Crippen molar-refractivity contribution in [3.63, 3.8) is 0 Å². The molecule has 0 heterocycles. The van der Waals surface area contributed by atoms with E-state index in [0.29, 0.717) is 17.2 Å². The van der Waals surface area contributed by atoms with E-state index >= 15 is 0 Å². The van der Waals surface area contributed by atoms with Crippen LogP contribution in [0.2, 0.25) is 5.02 Å². The minimum absolute atomic E-state index is 0.275. The Labute approximate surface area is 130 Å². The number of hydrogen-bond donors (Lipinski definition) is 1. The Morgan fingerprint density at radius 2 is 1.95 bits per heavy atom. The fourth-order valence-electron chi connectivity index (χ4n) is 2.83. The van der Waals surface area contributed by atoms with E-state index in [1.165, 1.54) is 29.5 Å². The quantitative estimate of drug-likeness (QED) is 0.910. The molecule has 1 aliphatic carbocycles. The van der Waals surface area contributed by atoms with Gasteiger partial charge in [0, 0.05) is 11.4 Å². The van der Waals surface area contributed by atoms with Gasteiger partial charge >= 0.3 is 0 Å². The maximum Gasteiger partial charge on any atom is 0.120 e. The molecule has 2 aromatic carbocycles. The molecule has 1 atom stereocenters. The van der Waals surface area contributed by atoms with Crippen molar-refractivity contribution in [1.82, 2.24) is 0 Å². The van der Waals surface area contributed by atoms with Crippen molar-refractivity contribution in [3.05, 3.63) is 64.2 Å². The molecule has 1 aliphatic rings. The maximum absolute atomic E-state index is 10.1. The molecule has 21 heavy (non-hydrogen) atoms. The molecule has 0 amide bonds. The van der Waals surface area contributed by atoms with Gasteiger partial charge in [-0.2, -0.15) is 0 Å². The van der Waals surface area contributed by atoms with Crippen molar-refractivity contribution in [3.8, 4) is 5.75 Å². The number of ether oxygens (including phenoxy) is 1. The highest BCUT2D eigenvalue weighted by molar-refractivity contribution is 6.30. The predicted molar refractivity (Wildman–Crippen MR) is 85.1 cm³/mol. The molecule has 0 aromatic heterocycles. The lowest BCUT2D eigenvalue weighted by Gasteiger charge is -2.13. The van der Waals surface area contributed by atoms with Crippen molar-refractivity contribution in [2.75, 3.05) is 6.61 Å². The molecule has 0 saturated heterocycles. The van der Waals surface area contributed by atoms with Crippen LogP contribution < -0.4 is 4.74 Å². The van der Waals surface area contributed by atoms with Crippen LogP contribution in [0.15, 0.2) is 42.5 Å². The highest BCUT2D eigenvalue weighted by atomic mass is 35.5. The molecule has 3 rings (SSSR count). The molecular weight excluding hydrogens is 284 g/mol. The van der Waals surface area contributed by atoms with Gasteiger partial charge in [0.05, 0.1) is 6.10 Å². The first-order valence-electron chi connectivity index (χ1n) is 7.38. The van der Waals surface area contributed by atoms with E-state index in [1.807, 2.05) is 12.1 Å². The van der Waals surface area contributed by atoms with Crippen LogP contribution >= 0.6 is 11.6 Å². The first-order valence-corrected chi connectivity index (χ1v) is 7.75. The van der Waals surface area contributed by atoms with E-state index in [4.69, 9.17) is 16.3 Å². The zero-order valence-corrected chi connectivity index (χ0v) is 12.6. The number of aliphatic hydroxyl groups is 1. The third-order valence-corrected chi connectivity index (χ3v) is 4.11. The summed E-state index contributed by atoms with van der Waals surface area (Å²) in [5.74, 6) is 0.690. The molecule has 3 heteroatoms. The second-order valence-corrected chi connectivity index (χ2v) is 6.02. The van der Waals surface area contributed by atoms with Gasteiger partial charge in [-0.25, -0.2) is 0 Å². The second-order valence-electron chi connectivity index (χ2n) is 5.58. The molecule has 1 N–H and O–H groups in total. The number of benzene rings is 2. The topological polar surface area (TPSA) is 29.5 Å². The Hall–Kier alpha value is -1.51. The Morgan fingerprint density at radius 3 is 2.81 bits per heavy atom. The number of aryl methyl sites for hydroxylation is 2. The molecule has 0 aliphatic heterocycles. The Bertz CT molecular complexity index is 624. The van der Waals surface area contributed by atoms with Crippen LogP contribution in [-0.4, -0.2) is 17.8 Å². The summed E-state index contributed by atoms with van der Waals surface area (Å²) >= 11 is 5.90. The number of fused-ring (bicyclic) bond motifs is 1. The summed E-state index contributed by atoms with van der Waals surface area (Å²) < 4.78 is 5.58. The standard InChI is InChI=1S/C18H19ClO2/c19-16-5-2-6-18(11-16)21-12-17(20)10-13-7-8-14-3-1-4-15(14)9-13/h2,5-9,11,17,20H,1,3-4,10,12H2. The minimum atomic E-state index is -0.511. The van der Waals surface area contributed by atoms with Crippen LogP contribution in [0.5, 0.6) is 5.75 Å². The largest absolute Gasteiger partial charge is 0.491 e. The molecule has 0 saturated carbocycles. The van der Waals surface area contributed by atoms with Crippen molar-refractivity contribution >= 4 is 11.6 Å².